The third kappa shape index (κ3) is 2.66. The molecule has 8 heavy (non-hydrogen) atoms. The van der Waals surface area contributed by atoms with Gasteiger partial charge in [-0.3, -0.25) is 0 Å². The van der Waals surface area contributed by atoms with Crippen LogP contribution in [0.15, 0.2) is 30.3 Å². The summed E-state index contributed by atoms with van der Waals surface area (Å²) < 4.78 is 0. The molecule has 0 aliphatic carbocycles. The molecule has 0 heterocycles. The van der Waals surface area contributed by atoms with Gasteiger partial charge < -0.3 is 0 Å². The van der Waals surface area contributed by atoms with Crippen LogP contribution < -0.4 is 0 Å². The normalized spacial score (nSPS) is 7.62. The van der Waals surface area contributed by atoms with Crippen LogP contribution in [0.4, 0.5) is 0 Å². The quantitative estimate of drug-likeness (QED) is 0.640. The molecule has 1 heteroatoms. The van der Waals surface area contributed by atoms with Crippen molar-refractivity contribution >= 4 is 0 Å². The Labute approximate surface area is 77.9 Å². The van der Waals surface area contributed by atoms with Gasteiger partial charge in [0, 0.05) is 35.6 Å². The van der Waals surface area contributed by atoms with Crippen LogP contribution in [0.25, 0.3) is 0 Å². The van der Waals surface area contributed by atoms with E-state index in [9.17, 15) is 0 Å². The third-order valence-corrected chi connectivity index (χ3v) is 0.940. The maximum Gasteiger partial charge on any atom is 0 e. The fourth-order valence-corrected chi connectivity index (χ4v) is 0.534. The zero-order valence-electron chi connectivity index (χ0n) is 4.96. The van der Waals surface area contributed by atoms with Crippen molar-refractivity contribution in [3.8, 4) is 0 Å². The average Bonchev–Trinajstić information content (AvgIpc) is 1.69. The van der Waals surface area contributed by atoms with Gasteiger partial charge in [0.25, 0.3) is 0 Å². The average molecular weight is 231 g/mol. The van der Waals surface area contributed by atoms with E-state index < -0.39 is 0 Å². The first-order chi connectivity index (χ1) is 3.39. The molecule has 0 spiro atoms. The van der Waals surface area contributed by atoms with E-state index in [2.05, 4.69) is 19.1 Å². The summed E-state index contributed by atoms with van der Waals surface area (Å²) in [5, 5.41) is 0. The van der Waals surface area contributed by atoms with Crippen molar-refractivity contribution in [3.63, 3.8) is 0 Å². The Bertz CT molecular complexity index is 134. The maximum atomic E-state index is 2.08. The molecule has 0 saturated heterocycles. The summed E-state index contributed by atoms with van der Waals surface area (Å²) in [5.74, 6) is 0. The van der Waals surface area contributed by atoms with Gasteiger partial charge in [-0.1, -0.05) is 35.9 Å². The van der Waals surface area contributed by atoms with E-state index in [1.165, 1.54) is 5.56 Å². The van der Waals surface area contributed by atoms with Gasteiger partial charge in [-0.05, 0) is 6.92 Å². The second-order valence-corrected chi connectivity index (χ2v) is 1.65. The van der Waals surface area contributed by atoms with Gasteiger partial charge in [0.2, 0.25) is 0 Å². The predicted octanol–water partition coefficient (Wildman–Crippen LogP) is 2.00. The Kier molecular flexibility index (Phi) is 4.53. The Morgan fingerprint density at radius 1 is 1.00 bits per heavy atom. The van der Waals surface area contributed by atoms with Gasteiger partial charge in [-0.2, -0.15) is 0 Å². The van der Waals surface area contributed by atoms with Crippen molar-refractivity contribution in [1.82, 2.24) is 0 Å². The van der Waals surface area contributed by atoms with E-state index in [0.717, 1.165) is 0 Å². The molecule has 0 bridgehead atoms. The summed E-state index contributed by atoms with van der Waals surface area (Å²) in [4.78, 5) is 0. The van der Waals surface area contributed by atoms with Crippen molar-refractivity contribution in [2.24, 2.45) is 0 Å². The molecule has 0 saturated carbocycles. The molecule has 1 aromatic rings. The van der Waals surface area contributed by atoms with Crippen LogP contribution in [0.5, 0.6) is 0 Å². The van der Waals surface area contributed by atoms with Gasteiger partial charge in [-0.25, -0.2) is 0 Å². The van der Waals surface area contributed by atoms with Crippen LogP contribution in [-0.4, -0.2) is 0 Å². The van der Waals surface area contributed by atoms with E-state index in [1.807, 2.05) is 18.2 Å². The van der Waals surface area contributed by atoms with Gasteiger partial charge in [-0.15, -0.1) is 0 Å². The second-order valence-electron chi connectivity index (χ2n) is 1.65. The number of aryl methyl sites for hydroxylation is 1. The standard InChI is InChI=1S/C7H8.La/c1-7-5-3-2-4-6-7;/h2-6H,1H3;. The number of hydrogen-bond donors (Lipinski definition) is 0. The molecule has 0 aliphatic rings. The molecule has 0 aliphatic heterocycles. The van der Waals surface area contributed by atoms with E-state index in [1.54, 1.807) is 0 Å². The molecule has 1 aromatic carbocycles. The summed E-state index contributed by atoms with van der Waals surface area (Å²) in [5.41, 5.74) is 1.32. The van der Waals surface area contributed by atoms with E-state index in [0.29, 0.717) is 0 Å². The molecular weight excluding hydrogens is 223 g/mol. The van der Waals surface area contributed by atoms with Crippen LogP contribution >= 0.6 is 0 Å². The zero-order chi connectivity index (χ0) is 5.11. The smallest absolute Gasteiger partial charge is 0 e. The molecule has 0 unspecified atom stereocenters. The largest absolute Gasteiger partial charge is 0.0622 e. The fraction of sp³-hybridized carbons (Fsp3) is 0.143. The van der Waals surface area contributed by atoms with Crippen molar-refractivity contribution in [2.75, 3.05) is 0 Å². The Morgan fingerprint density at radius 2 is 1.50 bits per heavy atom. The summed E-state index contributed by atoms with van der Waals surface area (Å²) in [6.07, 6.45) is 0. The predicted molar refractivity (Wildman–Crippen MR) is 31.2 cm³/mol. The van der Waals surface area contributed by atoms with Gasteiger partial charge in [0.1, 0.15) is 0 Å². The van der Waals surface area contributed by atoms with E-state index in [-0.39, 0.29) is 35.6 Å². The Hall–Kier alpha value is 0.415. The van der Waals surface area contributed by atoms with Gasteiger partial charge in [0.15, 0.2) is 0 Å². The molecule has 1 rings (SSSR count). The van der Waals surface area contributed by atoms with Crippen LogP contribution in [-0.2, 0) is 0 Å². The first-order valence-electron chi connectivity index (χ1n) is 2.41. The van der Waals surface area contributed by atoms with Crippen molar-refractivity contribution < 1.29 is 35.6 Å². The van der Waals surface area contributed by atoms with E-state index >= 15 is 0 Å². The summed E-state index contributed by atoms with van der Waals surface area (Å²) in [6.45, 7) is 2.08. The van der Waals surface area contributed by atoms with Gasteiger partial charge in [0.05, 0.1) is 0 Å². The fourth-order valence-electron chi connectivity index (χ4n) is 0.534. The topological polar surface area (TPSA) is 0 Å². The molecule has 0 nitrogen and oxygen atoms in total. The van der Waals surface area contributed by atoms with E-state index in [4.69, 9.17) is 0 Å². The molecule has 0 fully saturated rings. The summed E-state index contributed by atoms with van der Waals surface area (Å²) in [6, 6.07) is 10.3. The minimum Gasteiger partial charge on any atom is -0.0622 e. The van der Waals surface area contributed by atoms with Crippen LogP contribution in [0.1, 0.15) is 5.56 Å². The first-order valence-corrected chi connectivity index (χ1v) is 2.41. The number of rotatable bonds is 0. The molecule has 0 aromatic heterocycles. The van der Waals surface area contributed by atoms with Crippen molar-refractivity contribution in [1.29, 1.82) is 0 Å². The van der Waals surface area contributed by atoms with Crippen molar-refractivity contribution in [3.05, 3.63) is 35.9 Å². The molecule has 0 atom stereocenters. The second kappa shape index (κ2) is 4.31. The molecule has 39 valence electrons. The SMILES string of the molecule is Cc1ccccc1.[La]. The number of hydrogen-bond acceptors (Lipinski definition) is 0. The van der Waals surface area contributed by atoms with Crippen LogP contribution in [0.2, 0.25) is 0 Å². The monoisotopic (exact) mass is 231 g/mol. The zero-order valence-corrected chi connectivity index (χ0v) is 8.59. The third-order valence-electron chi connectivity index (χ3n) is 0.940. The summed E-state index contributed by atoms with van der Waals surface area (Å²) >= 11 is 0. The molecular formula is C7H8La. The van der Waals surface area contributed by atoms with Crippen LogP contribution in [0, 0.1) is 42.5 Å². The maximum absolute atomic E-state index is 2.08. The molecule has 0 N–H and O–H groups in total. The molecule has 0 amide bonds. The summed E-state index contributed by atoms with van der Waals surface area (Å²) in [7, 11) is 0. The molecule has 1 radical (unpaired) electrons. The Morgan fingerprint density at radius 3 is 1.75 bits per heavy atom. The Balaban J connectivity index is 0.000000490. The van der Waals surface area contributed by atoms with Crippen molar-refractivity contribution in [2.45, 2.75) is 6.92 Å². The minimum atomic E-state index is 0. The van der Waals surface area contributed by atoms with Crippen LogP contribution in [0.3, 0.4) is 0 Å². The first kappa shape index (κ1) is 8.41. The minimum absolute atomic E-state index is 0. The number of benzene rings is 1. The van der Waals surface area contributed by atoms with Gasteiger partial charge >= 0.3 is 0 Å².